The van der Waals surface area contributed by atoms with Gasteiger partial charge in [-0.05, 0) is 26.8 Å². The lowest BCUT2D eigenvalue weighted by molar-refractivity contribution is 0.141. The van der Waals surface area contributed by atoms with Gasteiger partial charge in [-0.2, -0.15) is 17.0 Å². The van der Waals surface area contributed by atoms with Crippen molar-refractivity contribution in [1.29, 1.82) is 0 Å². The van der Waals surface area contributed by atoms with Crippen molar-refractivity contribution in [3.05, 3.63) is 0 Å². The first-order valence-corrected chi connectivity index (χ1v) is 8.50. The van der Waals surface area contributed by atoms with E-state index in [4.69, 9.17) is 0 Å². The molecule has 2 aliphatic rings. The number of hydrogen-bond donors (Lipinski definition) is 1. The lowest BCUT2D eigenvalue weighted by Crippen LogP contribution is -2.55. The van der Waals surface area contributed by atoms with Crippen molar-refractivity contribution in [2.75, 3.05) is 46.3 Å². The molecule has 0 bridgehead atoms. The molecule has 1 unspecified atom stereocenters. The average Bonchev–Trinajstić information content (AvgIpc) is 2.91. The van der Waals surface area contributed by atoms with Crippen LogP contribution >= 0.6 is 0 Å². The van der Waals surface area contributed by atoms with Crippen LogP contribution in [0.4, 0.5) is 0 Å². The maximum absolute atomic E-state index is 12.4. The lowest BCUT2D eigenvalue weighted by Gasteiger charge is -2.39. The van der Waals surface area contributed by atoms with Gasteiger partial charge in [0.15, 0.2) is 0 Å². The van der Waals surface area contributed by atoms with Crippen LogP contribution in [-0.2, 0) is 10.2 Å². The van der Waals surface area contributed by atoms with Crippen molar-refractivity contribution in [3.8, 4) is 0 Å². The minimum atomic E-state index is -3.28. The first kappa shape index (κ1) is 15.2. The maximum Gasteiger partial charge on any atom is 0.282 e. The standard InChI is InChI=1S/C12H26N4O2S/c1-11(2)14(3)19(17,18)16-8-6-15(7-9-16)12-4-5-13-10-12/h11-13H,4-10H2,1-3H3. The highest BCUT2D eigenvalue weighted by Crippen LogP contribution is 2.16. The van der Waals surface area contributed by atoms with Crippen molar-refractivity contribution in [2.45, 2.75) is 32.4 Å². The van der Waals surface area contributed by atoms with Gasteiger partial charge in [0.25, 0.3) is 10.2 Å². The quantitative estimate of drug-likeness (QED) is 0.762. The smallest absolute Gasteiger partial charge is 0.282 e. The Morgan fingerprint density at radius 2 is 1.84 bits per heavy atom. The van der Waals surface area contributed by atoms with Crippen LogP contribution in [0.1, 0.15) is 20.3 Å². The highest BCUT2D eigenvalue weighted by molar-refractivity contribution is 7.86. The third-order valence-electron chi connectivity index (χ3n) is 4.24. The van der Waals surface area contributed by atoms with Crippen LogP contribution in [0.25, 0.3) is 0 Å². The van der Waals surface area contributed by atoms with Crippen LogP contribution in [0, 0.1) is 0 Å². The summed E-state index contributed by atoms with van der Waals surface area (Å²) in [5.41, 5.74) is 0. The summed E-state index contributed by atoms with van der Waals surface area (Å²) < 4.78 is 27.8. The molecule has 2 heterocycles. The molecule has 7 heteroatoms. The average molecular weight is 290 g/mol. The van der Waals surface area contributed by atoms with Gasteiger partial charge in [0.05, 0.1) is 0 Å². The van der Waals surface area contributed by atoms with Crippen LogP contribution in [0.5, 0.6) is 0 Å². The Kier molecular flexibility index (Phi) is 4.84. The maximum atomic E-state index is 12.4. The minimum Gasteiger partial charge on any atom is -0.315 e. The number of hydrogen-bond acceptors (Lipinski definition) is 4. The van der Waals surface area contributed by atoms with Crippen molar-refractivity contribution in [3.63, 3.8) is 0 Å². The zero-order valence-corrected chi connectivity index (χ0v) is 13.0. The van der Waals surface area contributed by atoms with E-state index < -0.39 is 10.2 Å². The van der Waals surface area contributed by atoms with Crippen molar-refractivity contribution >= 4 is 10.2 Å². The Balaban J connectivity index is 1.92. The first-order valence-electron chi connectivity index (χ1n) is 7.11. The van der Waals surface area contributed by atoms with Crippen molar-refractivity contribution < 1.29 is 8.42 Å². The largest absolute Gasteiger partial charge is 0.315 e. The molecule has 0 aromatic rings. The predicted molar refractivity (Wildman–Crippen MR) is 76.2 cm³/mol. The molecule has 0 saturated carbocycles. The number of piperazine rings is 1. The molecule has 0 radical (unpaired) electrons. The Hall–Kier alpha value is -0.210. The van der Waals surface area contributed by atoms with Crippen LogP contribution in [-0.4, -0.2) is 80.3 Å². The molecule has 1 atom stereocenters. The Bertz CT molecular complexity index is 385. The van der Waals surface area contributed by atoms with Crippen LogP contribution in [0.3, 0.4) is 0 Å². The van der Waals surface area contributed by atoms with Gasteiger partial charge in [-0.1, -0.05) is 0 Å². The van der Waals surface area contributed by atoms with Crippen molar-refractivity contribution in [1.82, 2.24) is 18.8 Å². The summed E-state index contributed by atoms with van der Waals surface area (Å²) in [5, 5.41) is 3.36. The molecule has 0 aromatic heterocycles. The Labute approximate surface area is 116 Å². The monoisotopic (exact) mass is 290 g/mol. The van der Waals surface area contributed by atoms with Gasteiger partial charge in [0.1, 0.15) is 0 Å². The molecular formula is C12H26N4O2S. The normalized spacial score (nSPS) is 27.5. The fraction of sp³-hybridized carbons (Fsp3) is 1.00. The second-order valence-corrected chi connectivity index (χ2v) is 7.69. The second kappa shape index (κ2) is 6.05. The highest BCUT2D eigenvalue weighted by Gasteiger charge is 2.33. The predicted octanol–water partition coefficient (Wildman–Crippen LogP) is -0.449. The SMILES string of the molecule is CC(C)N(C)S(=O)(=O)N1CCN(C2CCNC2)CC1. The molecular weight excluding hydrogens is 264 g/mol. The second-order valence-electron chi connectivity index (χ2n) is 5.70. The van der Waals surface area contributed by atoms with E-state index in [9.17, 15) is 8.42 Å². The summed E-state index contributed by atoms with van der Waals surface area (Å²) in [4.78, 5) is 2.42. The van der Waals surface area contributed by atoms with Gasteiger partial charge in [-0.3, -0.25) is 4.90 Å². The van der Waals surface area contributed by atoms with E-state index in [0.717, 1.165) is 26.2 Å². The molecule has 0 aliphatic carbocycles. The van der Waals surface area contributed by atoms with Gasteiger partial charge < -0.3 is 5.32 Å². The molecule has 0 aromatic carbocycles. The van der Waals surface area contributed by atoms with E-state index in [1.54, 1.807) is 11.4 Å². The highest BCUT2D eigenvalue weighted by atomic mass is 32.2. The van der Waals surface area contributed by atoms with Crippen LogP contribution in [0.15, 0.2) is 0 Å². The van der Waals surface area contributed by atoms with E-state index in [2.05, 4.69) is 10.2 Å². The molecule has 2 aliphatic heterocycles. The third-order valence-corrected chi connectivity index (χ3v) is 6.41. The van der Waals surface area contributed by atoms with Gasteiger partial charge in [-0.25, -0.2) is 0 Å². The van der Waals surface area contributed by atoms with E-state index in [0.29, 0.717) is 19.1 Å². The van der Waals surface area contributed by atoms with Gasteiger partial charge >= 0.3 is 0 Å². The Morgan fingerprint density at radius 3 is 2.32 bits per heavy atom. The summed E-state index contributed by atoms with van der Waals surface area (Å²) in [6.07, 6.45) is 1.18. The molecule has 0 spiro atoms. The molecule has 6 nitrogen and oxygen atoms in total. The zero-order valence-electron chi connectivity index (χ0n) is 12.2. The number of nitrogens with one attached hydrogen (secondary N) is 1. The lowest BCUT2D eigenvalue weighted by atomic mass is 10.2. The molecule has 2 rings (SSSR count). The molecule has 2 saturated heterocycles. The fourth-order valence-corrected chi connectivity index (χ4v) is 4.22. The van der Waals surface area contributed by atoms with Gasteiger partial charge in [-0.15, -0.1) is 0 Å². The summed E-state index contributed by atoms with van der Waals surface area (Å²) in [7, 11) is -1.62. The summed E-state index contributed by atoms with van der Waals surface area (Å²) in [6.45, 7) is 8.83. The van der Waals surface area contributed by atoms with E-state index in [-0.39, 0.29) is 6.04 Å². The van der Waals surface area contributed by atoms with Crippen LogP contribution in [0.2, 0.25) is 0 Å². The first-order chi connectivity index (χ1) is 8.93. The molecule has 1 N–H and O–H groups in total. The fourth-order valence-electron chi connectivity index (χ4n) is 2.70. The Morgan fingerprint density at radius 1 is 1.21 bits per heavy atom. The molecule has 112 valence electrons. The topological polar surface area (TPSA) is 55.9 Å². The zero-order chi connectivity index (χ0) is 14.0. The van der Waals surface area contributed by atoms with E-state index in [1.165, 1.54) is 10.7 Å². The van der Waals surface area contributed by atoms with Crippen LogP contribution < -0.4 is 5.32 Å². The van der Waals surface area contributed by atoms with E-state index >= 15 is 0 Å². The van der Waals surface area contributed by atoms with Crippen molar-refractivity contribution in [2.24, 2.45) is 0 Å². The molecule has 0 amide bonds. The van der Waals surface area contributed by atoms with Gasteiger partial charge in [0.2, 0.25) is 0 Å². The summed E-state index contributed by atoms with van der Waals surface area (Å²) >= 11 is 0. The number of nitrogens with zero attached hydrogens (tertiary/aromatic N) is 3. The van der Waals surface area contributed by atoms with E-state index in [1.807, 2.05) is 13.8 Å². The molecule has 2 fully saturated rings. The summed E-state index contributed by atoms with van der Waals surface area (Å²) in [5.74, 6) is 0. The summed E-state index contributed by atoms with van der Waals surface area (Å²) in [6, 6.07) is 0.592. The number of rotatable bonds is 4. The van der Waals surface area contributed by atoms with Gasteiger partial charge in [0, 0.05) is 51.9 Å². The molecule has 19 heavy (non-hydrogen) atoms. The minimum absolute atomic E-state index is 0.00191. The third kappa shape index (κ3) is 3.28.